The van der Waals surface area contributed by atoms with Crippen LogP contribution in [-0.2, 0) is 4.79 Å². The summed E-state index contributed by atoms with van der Waals surface area (Å²) in [5.74, 6) is 0.0352. The Hall–Kier alpha value is -2.13. The molecule has 3 saturated heterocycles. The van der Waals surface area contributed by atoms with Crippen LogP contribution in [0, 0.1) is 0 Å². The molecule has 3 aliphatic rings. The molecule has 9 nitrogen and oxygen atoms in total. The van der Waals surface area contributed by atoms with Gasteiger partial charge in [-0.2, -0.15) is 5.10 Å². The van der Waals surface area contributed by atoms with Gasteiger partial charge in [-0.3, -0.25) is 19.3 Å². The van der Waals surface area contributed by atoms with Crippen molar-refractivity contribution < 1.29 is 14.7 Å². The first-order valence-corrected chi connectivity index (χ1v) is 10.1. The van der Waals surface area contributed by atoms with Gasteiger partial charge in [0.2, 0.25) is 5.91 Å². The lowest BCUT2D eigenvalue weighted by atomic mass is 9.94. The number of aliphatic hydroxyl groups is 1. The summed E-state index contributed by atoms with van der Waals surface area (Å²) in [6.07, 6.45) is 6.32. The highest BCUT2D eigenvalue weighted by atomic mass is 16.3. The smallest absolute Gasteiger partial charge is 0.324 e. The van der Waals surface area contributed by atoms with Crippen molar-refractivity contribution in [3.05, 3.63) is 12.4 Å². The second kappa shape index (κ2) is 7.36. The van der Waals surface area contributed by atoms with Gasteiger partial charge in [0.1, 0.15) is 0 Å². The number of hydrogen-bond donors (Lipinski definition) is 1. The minimum Gasteiger partial charge on any atom is -0.387 e. The minimum atomic E-state index is -0.838. The van der Waals surface area contributed by atoms with E-state index in [1.165, 1.54) is 0 Å². The normalized spacial score (nSPS) is 27.2. The monoisotopic (exact) mass is 390 g/mol. The van der Waals surface area contributed by atoms with Gasteiger partial charge in [-0.05, 0) is 19.3 Å². The first-order valence-electron chi connectivity index (χ1n) is 10.1. The van der Waals surface area contributed by atoms with E-state index in [1.54, 1.807) is 27.8 Å². The molecule has 0 radical (unpaired) electrons. The first kappa shape index (κ1) is 19.2. The van der Waals surface area contributed by atoms with Crippen LogP contribution in [0.25, 0.3) is 0 Å². The highest BCUT2D eigenvalue weighted by Crippen LogP contribution is 2.29. The Morgan fingerprint density at radius 3 is 2.75 bits per heavy atom. The standard InChI is InChI=1S/C19H30N6O3/c1-15(26)23-6-4-3-5-19(28,14-23)13-22-10-17(11-22)25-12-16(9-20-25)24-8-7-21(2)18(24)27/h9,12,17,28H,3-8,10-11,13-14H2,1-2H3. The molecule has 0 saturated carbocycles. The fraction of sp³-hybridized carbons (Fsp3) is 0.737. The van der Waals surface area contributed by atoms with Crippen LogP contribution < -0.4 is 4.90 Å². The summed E-state index contributed by atoms with van der Waals surface area (Å²) >= 11 is 0. The van der Waals surface area contributed by atoms with Crippen molar-refractivity contribution in [3.8, 4) is 0 Å². The molecule has 0 aliphatic carbocycles. The maximum absolute atomic E-state index is 12.1. The van der Waals surface area contributed by atoms with E-state index in [-0.39, 0.29) is 18.0 Å². The Labute approximate surface area is 165 Å². The van der Waals surface area contributed by atoms with Crippen LogP contribution in [0.4, 0.5) is 10.5 Å². The van der Waals surface area contributed by atoms with Gasteiger partial charge in [0.05, 0.1) is 30.1 Å². The van der Waals surface area contributed by atoms with Crippen LogP contribution in [0.3, 0.4) is 0 Å². The number of carbonyl (C=O) groups is 2. The summed E-state index contributed by atoms with van der Waals surface area (Å²) in [4.78, 5) is 31.4. The van der Waals surface area contributed by atoms with Gasteiger partial charge in [-0.15, -0.1) is 0 Å². The molecular weight excluding hydrogens is 360 g/mol. The van der Waals surface area contributed by atoms with E-state index in [2.05, 4.69) is 10.00 Å². The Bertz CT molecular complexity index is 746. The van der Waals surface area contributed by atoms with Crippen LogP contribution >= 0.6 is 0 Å². The Morgan fingerprint density at radius 1 is 1.29 bits per heavy atom. The van der Waals surface area contributed by atoms with E-state index < -0.39 is 5.60 Å². The summed E-state index contributed by atoms with van der Waals surface area (Å²) in [7, 11) is 1.81. The average molecular weight is 390 g/mol. The molecule has 1 aromatic rings. The molecule has 1 unspecified atom stereocenters. The topological polar surface area (TPSA) is 85.2 Å². The van der Waals surface area contributed by atoms with E-state index in [1.807, 2.05) is 17.9 Å². The molecule has 28 heavy (non-hydrogen) atoms. The number of anilines is 1. The highest BCUT2D eigenvalue weighted by Gasteiger charge is 2.39. The summed E-state index contributed by atoms with van der Waals surface area (Å²) in [6, 6.07) is 0.267. The van der Waals surface area contributed by atoms with Crippen LogP contribution in [0.5, 0.6) is 0 Å². The zero-order valence-electron chi connectivity index (χ0n) is 16.8. The van der Waals surface area contributed by atoms with Crippen LogP contribution in [-0.4, -0.2) is 100.0 Å². The minimum absolute atomic E-state index is 0.0143. The molecule has 4 heterocycles. The Balaban J connectivity index is 1.32. The van der Waals surface area contributed by atoms with E-state index >= 15 is 0 Å². The average Bonchev–Trinajstić information content (AvgIpc) is 3.15. The predicted molar refractivity (Wildman–Crippen MR) is 104 cm³/mol. The fourth-order valence-electron chi connectivity index (χ4n) is 4.48. The van der Waals surface area contributed by atoms with Gasteiger partial charge >= 0.3 is 6.03 Å². The maximum atomic E-state index is 12.1. The van der Waals surface area contributed by atoms with E-state index in [0.29, 0.717) is 19.6 Å². The molecule has 1 atom stereocenters. The third kappa shape index (κ3) is 3.73. The van der Waals surface area contributed by atoms with Gasteiger partial charge in [0, 0.05) is 59.4 Å². The molecular formula is C19H30N6O3. The molecule has 1 N–H and O–H groups in total. The molecule has 0 spiro atoms. The number of urea groups is 1. The van der Waals surface area contributed by atoms with Crippen LogP contribution in [0.1, 0.15) is 32.2 Å². The molecule has 3 fully saturated rings. The van der Waals surface area contributed by atoms with Gasteiger partial charge in [0.15, 0.2) is 0 Å². The second-order valence-corrected chi connectivity index (χ2v) is 8.50. The predicted octanol–water partition coefficient (Wildman–Crippen LogP) is 0.375. The zero-order valence-corrected chi connectivity index (χ0v) is 16.8. The summed E-state index contributed by atoms with van der Waals surface area (Å²) in [5, 5.41) is 15.5. The number of hydrogen-bond acceptors (Lipinski definition) is 5. The van der Waals surface area contributed by atoms with Crippen molar-refractivity contribution >= 4 is 17.6 Å². The zero-order chi connectivity index (χ0) is 19.9. The van der Waals surface area contributed by atoms with Gasteiger partial charge < -0.3 is 14.9 Å². The van der Waals surface area contributed by atoms with E-state index in [4.69, 9.17) is 0 Å². The Kier molecular flexibility index (Phi) is 5.05. The molecule has 9 heteroatoms. The summed E-state index contributed by atoms with van der Waals surface area (Å²) < 4.78 is 1.93. The fourth-order valence-corrected chi connectivity index (χ4v) is 4.48. The van der Waals surface area contributed by atoms with E-state index in [9.17, 15) is 14.7 Å². The van der Waals surface area contributed by atoms with Crippen molar-refractivity contribution in [1.29, 1.82) is 0 Å². The van der Waals surface area contributed by atoms with Gasteiger partial charge in [0.25, 0.3) is 0 Å². The molecule has 3 aliphatic heterocycles. The molecule has 0 bridgehead atoms. The molecule has 1 aromatic heterocycles. The highest BCUT2D eigenvalue weighted by molar-refractivity contribution is 5.93. The Morgan fingerprint density at radius 2 is 2.07 bits per heavy atom. The number of likely N-dealkylation sites (tertiary alicyclic amines) is 2. The summed E-state index contributed by atoms with van der Waals surface area (Å²) in [6.45, 7) is 6.37. The largest absolute Gasteiger partial charge is 0.387 e. The lowest BCUT2D eigenvalue weighted by molar-refractivity contribution is -0.133. The number of carbonyl (C=O) groups excluding carboxylic acids is 2. The number of β-amino-alcohol motifs (C(OH)–C–C–N with tert-alkyl or cyclic N) is 1. The number of nitrogens with zero attached hydrogens (tertiary/aromatic N) is 6. The molecule has 3 amide bonds. The lowest BCUT2D eigenvalue weighted by Crippen LogP contribution is -2.57. The van der Waals surface area contributed by atoms with Crippen LogP contribution in [0.2, 0.25) is 0 Å². The number of amides is 3. The quantitative estimate of drug-likeness (QED) is 0.803. The summed E-state index contributed by atoms with van der Waals surface area (Å²) in [5.41, 5.74) is 0.00177. The molecule has 0 aromatic carbocycles. The molecule has 154 valence electrons. The van der Waals surface area contributed by atoms with Crippen molar-refractivity contribution in [1.82, 2.24) is 24.5 Å². The van der Waals surface area contributed by atoms with Crippen molar-refractivity contribution in [2.45, 2.75) is 37.8 Å². The lowest BCUT2D eigenvalue weighted by Gasteiger charge is -2.44. The van der Waals surface area contributed by atoms with E-state index in [0.717, 1.165) is 51.1 Å². The van der Waals surface area contributed by atoms with Crippen molar-refractivity contribution in [3.63, 3.8) is 0 Å². The van der Waals surface area contributed by atoms with Crippen molar-refractivity contribution in [2.24, 2.45) is 0 Å². The van der Waals surface area contributed by atoms with Crippen LogP contribution in [0.15, 0.2) is 12.4 Å². The third-order valence-electron chi connectivity index (χ3n) is 6.20. The maximum Gasteiger partial charge on any atom is 0.324 e. The molecule has 4 rings (SSSR count). The second-order valence-electron chi connectivity index (χ2n) is 8.50. The number of likely N-dealkylation sites (N-methyl/N-ethyl adjacent to an activating group) is 1. The van der Waals surface area contributed by atoms with Crippen molar-refractivity contribution in [2.75, 3.05) is 57.8 Å². The SMILES string of the molecule is CC(=O)N1CCCCC(O)(CN2CC(n3cc(N4CCN(C)C4=O)cn3)C2)C1. The number of rotatable bonds is 4. The van der Waals surface area contributed by atoms with Gasteiger partial charge in [-0.1, -0.05) is 0 Å². The third-order valence-corrected chi connectivity index (χ3v) is 6.20. The number of aromatic nitrogens is 2. The first-order chi connectivity index (χ1) is 13.3. The van der Waals surface area contributed by atoms with Gasteiger partial charge in [-0.25, -0.2) is 4.79 Å².